The predicted molar refractivity (Wildman–Crippen MR) is 92.4 cm³/mol. The maximum absolute atomic E-state index is 12.6. The van der Waals surface area contributed by atoms with E-state index in [1.165, 1.54) is 4.90 Å². The highest BCUT2D eigenvalue weighted by atomic mass is 16.5. The number of rotatable bonds is 8. The van der Waals surface area contributed by atoms with E-state index in [-0.39, 0.29) is 43.8 Å². The van der Waals surface area contributed by atoms with Crippen molar-refractivity contribution < 1.29 is 23.9 Å². The van der Waals surface area contributed by atoms with Crippen molar-refractivity contribution in [3.63, 3.8) is 0 Å². The number of ether oxygens (including phenoxy) is 1. The van der Waals surface area contributed by atoms with E-state index in [2.05, 4.69) is 0 Å². The first-order valence-electron chi connectivity index (χ1n) is 8.90. The molecule has 2 aliphatic rings. The number of amides is 3. The van der Waals surface area contributed by atoms with Crippen LogP contribution in [0.2, 0.25) is 0 Å². The summed E-state index contributed by atoms with van der Waals surface area (Å²) in [4.78, 5) is 51.6. The van der Waals surface area contributed by atoms with Gasteiger partial charge in [-0.05, 0) is 37.8 Å². The van der Waals surface area contributed by atoms with Gasteiger partial charge in [-0.25, -0.2) is 0 Å². The summed E-state index contributed by atoms with van der Waals surface area (Å²) in [7, 11) is 0. The maximum atomic E-state index is 12.6. The molecular formula is C19H22N2O5. The van der Waals surface area contributed by atoms with Gasteiger partial charge in [-0.15, -0.1) is 0 Å². The standard InChI is InChI=1S/C19H22N2O5/c1-2-26-17(23)12-20(11-13-7-8-13)16(22)9-10-21-18(24)14-5-3-4-6-15(14)19(21)25/h3-6,13H,2,7-12H2,1H3. The average molecular weight is 358 g/mol. The molecule has 0 atom stereocenters. The Labute approximate surface area is 151 Å². The molecule has 0 radical (unpaired) electrons. The van der Waals surface area contributed by atoms with E-state index >= 15 is 0 Å². The van der Waals surface area contributed by atoms with Gasteiger partial charge in [0.1, 0.15) is 6.54 Å². The van der Waals surface area contributed by atoms with Gasteiger partial charge in [0.05, 0.1) is 17.7 Å². The fourth-order valence-electron chi connectivity index (χ4n) is 3.04. The molecule has 138 valence electrons. The topological polar surface area (TPSA) is 84.0 Å². The van der Waals surface area contributed by atoms with Crippen LogP contribution in [0.5, 0.6) is 0 Å². The lowest BCUT2D eigenvalue weighted by molar-refractivity contribution is -0.149. The second-order valence-corrected chi connectivity index (χ2v) is 6.58. The van der Waals surface area contributed by atoms with Gasteiger partial charge in [0.25, 0.3) is 11.8 Å². The molecule has 0 bridgehead atoms. The highest BCUT2D eigenvalue weighted by Crippen LogP contribution is 2.30. The zero-order valence-corrected chi connectivity index (χ0v) is 14.8. The highest BCUT2D eigenvalue weighted by molar-refractivity contribution is 6.21. The van der Waals surface area contributed by atoms with Crippen molar-refractivity contribution in [1.29, 1.82) is 0 Å². The van der Waals surface area contributed by atoms with Gasteiger partial charge in [0, 0.05) is 19.5 Å². The fourth-order valence-corrected chi connectivity index (χ4v) is 3.04. The minimum absolute atomic E-state index is 0.00239. The molecule has 0 N–H and O–H groups in total. The van der Waals surface area contributed by atoms with Crippen LogP contribution in [0.25, 0.3) is 0 Å². The van der Waals surface area contributed by atoms with Crippen molar-refractivity contribution in [1.82, 2.24) is 9.80 Å². The number of carbonyl (C=O) groups is 4. The van der Waals surface area contributed by atoms with Gasteiger partial charge in [-0.2, -0.15) is 0 Å². The normalized spacial score (nSPS) is 15.8. The lowest BCUT2D eigenvalue weighted by atomic mass is 10.1. The number of imide groups is 1. The van der Waals surface area contributed by atoms with Gasteiger partial charge in [0.15, 0.2) is 0 Å². The molecule has 1 aliphatic carbocycles. The molecule has 3 rings (SSSR count). The predicted octanol–water partition coefficient (Wildman–Crippen LogP) is 1.47. The fraction of sp³-hybridized carbons (Fsp3) is 0.474. The SMILES string of the molecule is CCOC(=O)CN(CC1CC1)C(=O)CCN1C(=O)c2ccccc2C1=O. The van der Waals surface area contributed by atoms with Crippen LogP contribution in [0.15, 0.2) is 24.3 Å². The van der Waals surface area contributed by atoms with Gasteiger partial charge in [-0.1, -0.05) is 12.1 Å². The summed E-state index contributed by atoms with van der Waals surface area (Å²) < 4.78 is 4.93. The van der Waals surface area contributed by atoms with Crippen LogP contribution in [-0.4, -0.2) is 59.7 Å². The smallest absolute Gasteiger partial charge is 0.325 e. The molecule has 1 aromatic rings. The van der Waals surface area contributed by atoms with E-state index in [0.29, 0.717) is 23.6 Å². The Morgan fingerprint density at radius 2 is 1.77 bits per heavy atom. The zero-order valence-electron chi connectivity index (χ0n) is 14.8. The average Bonchev–Trinajstić information content (AvgIpc) is 3.41. The molecule has 0 saturated heterocycles. The molecular weight excluding hydrogens is 336 g/mol. The lowest BCUT2D eigenvalue weighted by Crippen LogP contribution is -2.40. The van der Waals surface area contributed by atoms with E-state index in [9.17, 15) is 19.2 Å². The van der Waals surface area contributed by atoms with E-state index < -0.39 is 5.97 Å². The van der Waals surface area contributed by atoms with Gasteiger partial charge in [-0.3, -0.25) is 24.1 Å². The number of nitrogens with zero attached hydrogens (tertiary/aromatic N) is 2. The third-order valence-electron chi connectivity index (χ3n) is 4.58. The third-order valence-corrected chi connectivity index (χ3v) is 4.58. The van der Waals surface area contributed by atoms with E-state index in [4.69, 9.17) is 4.74 Å². The minimum Gasteiger partial charge on any atom is -0.465 e. The number of benzene rings is 1. The van der Waals surface area contributed by atoms with Crippen LogP contribution >= 0.6 is 0 Å². The van der Waals surface area contributed by atoms with E-state index in [1.54, 1.807) is 31.2 Å². The summed E-state index contributed by atoms with van der Waals surface area (Å²) in [5.74, 6) is -1.02. The summed E-state index contributed by atoms with van der Waals surface area (Å²) in [5, 5.41) is 0. The molecule has 7 heteroatoms. The van der Waals surface area contributed by atoms with E-state index in [1.807, 2.05) is 0 Å². The number of carbonyl (C=O) groups excluding carboxylic acids is 4. The Kier molecular flexibility index (Phi) is 5.35. The monoisotopic (exact) mass is 358 g/mol. The molecule has 26 heavy (non-hydrogen) atoms. The Hall–Kier alpha value is -2.70. The lowest BCUT2D eigenvalue weighted by Gasteiger charge is -2.23. The van der Waals surface area contributed by atoms with Crippen LogP contribution in [-0.2, 0) is 14.3 Å². The highest BCUT2D eigenvalue weighted by Gasteiger charge is 2.36. The third kappa shape index (κ3) is 3.92. The quantitative estimate of drug-likeness (QED) is 0.519. The Morgan fingerprint density at radius 3 is 2.31 bits per heavy atom. The van der Waals surface area contributed by atoms with E-state index in [0.717, 1.165) is 17.7 Å². The zero-order chi connectivity index (χ0) is 18.7. The van der Waals surface area contributed by atoms with Crippen LogP contribution in [0.3, 0.4) is 0 Å². The largest absolute Gasteiger partial charge is 0.465 e. The van der Waals surface area contributed by atoms with Crippen LogP contribution in [0.1, 0.15) is 46.9 Å². The maximum Gasteiger partial charge on any atom is 0.325 e. The number of hydrogen-bond donors (Lipinski definition) is 0. The van der Waals surface area contributed by atoms with Crippen molar-refractivity contribution >= 4 is 23.7 Å². The summed E-state index contributed by atoms with van der Waals surface area (Å²) >= 11 is 0. The number of fused-ring (bicyclic) bond motifs is 1. The van der Waals surface area contributed by atoms with Crippen molar-refractivity contribution in [3.05, 3.63) is 35.4 Å². The molecule has 0 spiro atoms. The van der Waals surface area contributed by atoms with Crippen molar-refractivity contribution in [3.8, 4) is 0 Å². The van der Waals surface area contributed by atoms with Crippen LogP contribution in [0, 0.1) is 5.92 Å². The molecule has 3 amide bonds. The van der Waals surface area contributed by atoms with Gasteiger partial charge >= 0.3 is 5.97 Å². The minimum atomic E-state index is -0.442. The Morgan fingerprint density at radius 1 is 1.15 bits per heavy atom. The summed E-state index contributed by atoms with van der Waals surface area (Å²) in [6.45, 7) is 2.41. The second kappa shape index (κ2) is 7.68. The Bertz CT molecular complexity index is 706. The first-order chi connectivity index (χ1) is 12.5. The first kappa shape index (κ1) is 18.1. The molecule has 0 aromatic heterocycles. The van der Waals surface area contributed by atoms with Crippen molar-refractivity contribution in [2.75, 3.05) is 26.2 Å². The first-order valence-corrected chi connectivity index (χ1v) is 8.90. The van der Waals surface area contributed by atoms with Crippen molar-refractivity contribution in [2.45, 2.75) is 26.2 Å². The summed E-state index contributed by atoms with van der Waals surface area (Å²) in [6.07, 6.45) is 2.09. The molecule has 1 fully saturated rings. The van der Waals surface area contributed by atoms with Crippen LogP contribution < -0.4 is 0 Å². The molecule has 7 nitrogen and oxygen atoms in total. The summed E-state index contributed by atoms with van der Waals surface area (Å²) in [6, 6.07) is 6.62. The van der Waals surface area contributed by atoms with Crippen LogP contribution in [0.4, 0.5) is 0 Å². The summed E-state index contributed by atoms with van der Waals surface area (Å²) in [5.41, 5.74) is 0.734. The molecule has 1 aromatic carbocycles. The molecule has 1 aliphatic heterocycles. The second-order valence-electron chi connectivity index (χ2n) is 6.58. The molecule has 1 saturated carbocycles. The molecule has 1 heterocycles. The number of hydrogen-bond acceptors (Lipinski definition) is 5. The Balaban J connectivity index is 1.60. The van der Waals surface area contributed by atoms with Crippen molar-refractivity contribution in [2.24, 2.45) is 5.92 Å². The number of esters is 1. The van der Waals surface area contributed by atoms with Gasteiger partial charge in [0.2, 0.25) is 5.91 Å². The van der Waals surface area contributed by atoms with Gasteiger partial charge < -0.3 is 9.64 Å². The molecule has 0 unspecified atom stereocenters.